The van der Waals surface area contributed by atoms with Gasteiger partial charge in [0.15, 0.2) is 0 Å². The number of esters is 1. The van der Waals surface area contributed by atoms with Crippen LogP contribution in [-0.4, -0.2) is 12.6 Å². The Hall–Kier alpha value is -3.06. The summed E-state index contributed by atoms with van der Waals surface area (Å²) in [5, 5.41) is 9.73. The molecule has 4 nitrogen and oxygen atoms in total. The molecular formula is C38H53NO3. The maximum Gasteiger partial charge on any atom is 0.343 e. The average molecular weight is 572 g/mol. The fraction of sp³-hybridized carbons (Fsp3) is 0.579. The van der Waals surface area contributed by atoms with Crippen molar-refractivity contribution in [2.45, 2.75) is 122 Å². The lowest BCUT2D eigenvalue weighted by Crippen LogP contribution is -2.15. The van der Waals surface area contributed by atoms with Crippen LogP contribution in [0.4, 0.5) is 0 Å². The smallest absolute Gasteiger partial charge is 0.343 e. The van der Waals surface area contributed by atoms with E-state index in [4.69, 9.17) is 9.47 Å². The first-order chi connectivity index (χ1) is 20.6. The van der Waals surface area contributed by atoms with E-state index in [-0.39, 0.29) is 0 Å². The van der Waals surface area contributed by atoms with Crippen LogP contribution in [0.2, 0.25) is 0 Å². The Morgan fingerprint density at radius 3 is 2.21 bits per heavy atom. The molecule has 228 valence electrons. The number of unbranched alkanes of at least 4 members (excludes halogenated alkanes) is 9. The van der Waals surface area contributed by atoms with Crippen LogP contribution in [0.15, 0.2) is 55.1 Å². The number of benzene rings is 2. The van der Waals surface area contributed by atoms with Gasteiger partial charge < -0.3 is 9.47 Å². The third-order valence-corrected chi connectivity index (χ3v) is 8.80. The van der Waals surface area contributed by atoms with E-state index in [2.05, 4.69) is 19.6 Å². The number of nitriles is 1. The van der Waals surface area contributed by atoms with E-state index < -0.39 is 5.97 Å². The molecule has 0 bridgehead atoms. The van der Waals surface area contributed by atoms with Gasteiger partial charge in [-0.3, -0.25) is 0 Å². The number of ether oxygens (including phenoxy) is 2. The van der Waals surface area contributed by atoms with Gasteiger partial charge in [0, 0.05) is 0 Å². The Morgan fingerprint density at radius 2 is 1.55 bits per heavy atom. The van der Waals surface area contributed by atoms with Gasteiger partial charge in [0.05, 0.1) is 17.7 Å². The SMILES string of the molecule is C=CCCCCCCCCCOc1ccc(C(=O)Oc2ccc(CCC3CCC(CCCCC)CC3)cc2C#N)cc1. The van der Waals surface area contributed by atoms with Crippen molar-refractivity contribution in [3.8, 4) is 17.6 Å². The van der Waals surface area contributed by atoms with E-state index in [9.17, 15) is 10.1 Å². The molecule has 1 fully saturated rings. The summed E-state index contributed by atoms with van der Waals surface area (Å²) < 4.78 is 11.5. The first-order valence-electron chi connectivity index (χ1n) is 16.7. The molecule has 0 heterocycles. The molecule has 0 unspecified atom stereocenters. The maximum absolute atomic E-state index is 12.8. The second kappa shape index (κ2) is 20.0. The van der Waals surface area contributed by atoms with E-state index in [0.29, 0.717) is 23.5 Å². The number of carbonyl (C=O) groups excluding carboxylic acids is 1. The van der Waals surface area contributed by atoms with Crippen LogP contribution in [0.25, 0.3) is 0 Å². The van der Waals surface area contributed by atoms with Crippen molar-refractivity contribution in [3.05, 3.63) is 71.8 Å². The molecule has 42 heavy (non-hydrogen) atoms. The molecule has 0 aliphatic heterocycles. The number of aryl methyl sites for hydroxylation is 1. The summed E-state index contributed by atoms with van der Waals surface area (Å²) in [7, 11) is 0. The molecule has 0 N–H and O–H groups in total. The van der Waals surface area contributed by atoms with Crippen molar-refractivity contribution < 1.29 is 14.3 Å². The molecule has 1 aliphatic rings. The summed E-state index contributed by atoms with van der Waals surface area (Å²) >= 11 is 0. The second-order valence-corrected chi connectivity index (χ2v) is 12.2. The summed E-state index contributed by atoms with van der Waals surface area (Å²) in [6, 6.07) is 14.9. The zero-order chi connectivity index (χ0) is 29.8. The van der Waals surface area contributed by atoms with Crippen LogP contribution in [0, 0.1) is 23.2 Å². The monoisotopic (exact) mass is 571 g/mol. The number of carbonyl (C=O) groups is 1. The molecule has 0 aromatic heterocycles. The topological polar surface area (TPSA) is 59.3 Å². The van der Waals surface area contributed by atoms with Crippen molar-refractivity contribution in [2.24, 2.45) is 11.8 Å². The van der Waals surface area contributed by atoms with Gasteiger partial charge in [0.25, 0.3) is 0 Å². The van der Waals surface area contributed by atoms with Crippen molar-refractivity contribution in [1.29, 1.82) is 5.26 Å². The van der Waals surface area contributed by atoms with E-state index in [1.165, 1.54) is 89.9 Å². The largest absolute Gasteiger partial charge is 0.494 e. The van der Waals surface area contributed by atoms with E-state index in [1.54, 1.807) is 18.2 Å². The maximum atomic E-state index is 12.8. The minimum absolute atomic E-state index is 0.319. The van der Waals surface area contributed by atoms with Gasteiger partial charge in [0.1, 0.15) is 17.6 Å². The third-order valence-electron chi connectivity index (χ3n) is 8.80. The first-order valence-corrected chi connectivity index (χ1v) is 16.7. The van der Waals surface area contributed by atoms with Crippen molar-refractivity contribution >= 4 is 5.97 Å². The molecule has 0 atom stereocenters. The van der Waals surface area contributed by atoms with E-state index >= 15 is 0 Å². The Labute approximate surface area is 255 Å². The lowest BCUT2D eigenvalue weighted by molar-refractivity contribution is 0.0734. The van der Waals surface area contributed by atoms with Gasteiger partial charge in [0.2, 0.25) is 0 Å². The molecule has 2 aromatic rings. The summed E-state index contributed by atoms with van der Waals surface area (Å²) in [6.45, 7) is 6.72. The molecule has 2 aromatic carbocycles. The van der Waals surface area contributed by atoms with Crippen molar-refractivity contribution in [2.75, 3.05) is 6.61 Å². The van der Waals surface area contributed by atoms with Gasteiger partial charge in [-0.15, -0.1) is 6.58 Å². The Bertz CT molecular complexity index is 1090. The number of nitrogens with zero attached hydrogens (tertiary/aromatic N) is 1. The molecule has 1 aliphatic carbocycles. The predicted molar refractivity (Wildman–Crippen MR) is 173 cm³/mol. The minimum atomic E-state index is -0.463. The zero-order valence-electron chi connectivity index (χ0n) is 26.1. The molecule has 0 radical (unpaired) electrons. The number of allylic oxidation sites excluding steroid dienone is 1. The quantitative estimate of drug-likeness (QED) is 0.0686. The average Bonchev–Trinajstić information content (AvgIpc) is 3.02. The standard InChI is InChI=1S/C38H53NO3/c1-3-5-7-8-9-10-11-12-14-28-41-36-25-23-34(24-26-36)38(40)42-37-27-22-33(29-35(37)30-39)21-20-32-18-16-31(17-19-32)15-13-6-4-2/h3,22-27,29,31-32H,1,4-21,28H2,2H3. The third kappa shape index (κ3) is 12.4. The van der Waals surface area contributed by atoms with Gasteiger partial charge in [-0.2, -0.15) is 5.26 Å². The predicted octanol–water partition coefficient (Wildman–Crippen LogP) is 10.8. The number of rotatable bonds is 20. The van der Waals surface area contributed by atoms with Crippen LogP contribution in [-0.2, 0) is 6.42 Å². The highest BCUT2D eigenvalue weighted by Crippen LogP contribution is 2.34. The van der Waals surface area contributed by atoms with Crippen LogP contribution >= 0.6 is 0 Å². The molecular weight excluding hydrogens is 518 g/mol. The Morgan fingerprint density at radius 1 is 0.881 bits per heavy atom. The van der Waals surface area contributed by atoms with Gasteiger partial charge in [-0.25, -0.2) is 4.79 Å². The van der Waals surface area contributed by atoms with Crippen LogP contribution in [0.3, 0.4) is 0 Å². The van der Waals surface area contributed by atoms with Crippen molar-refractivity contribution in [3.63, 3.8) is 0 Å². The molecule has 1 saturated carbocycles. The van der Waals surface area contributed by atoms with E-state index in [0.717, 1.165) is 48.8 Å². The minimum Gasteiger partial charge on any atom is -0.494 e. The summed E-state index contributed by atoms with van der Waals surface area (Å²) in [4.78, 5) is 12.8. The molecule has 0 spiro atoms. The highest BCUT2D eigenvalue weighted by Gasteiger charge is 2.21. The lowest BCUT2D eigenvalue weighted by atomic mass is 9.78. The van der Waals surface area contributed by atoms with Gasteiger partial charge in [-0.1, -0.05) is 103 Å². The van der Waals surface area contributed by atoms with Gasteiger partial charge >= 0.3 is 5.97 Å². The number of hydrogen-bond donors (Lipinski definition) is 0. The zero-order valence-corrected chi connectivity index (χ0v) is 26.1. The fourth-order valence-corrected chi connectivity index (χ4v) is 6.08. The van der Waals surface area contributed by atoms with Crippen molar-refractivity contribution in [1.82, 2.24) is 0 Å². The fourth-order valence-electron chi connectivity index (χ4n) is 6.08. The lowest BCUT2D eigenvalue weighted by Gasteiger charge is -2.28. The normalized spacial score (nSPS) is 16.5. The molecule has 0 amide bonds. The van der Waals surface area contributed by atoms with Gasteiger partial charge in [-0.05, 0) is 85.9 Å². The highest BCUT2D eigenvalue weighted by atomic mass is 16.5. The van der Waals surface area contributed by atoms with Crippen LogP contribution in [0.5, 0.6) is 11.5 Å². The highest BCUT2D eigenvalue weighted by molar-refractivity contribution is 5.91. The molecule has 3 rings (SSSR count). The number of hydrogen-bond acceptors (Lipinski definition) is 4. The van der Waals surface area contributed by atoms with Crippen LogP contribution < -0.4 is 9.47 Å². The molecule has 4 heteroatoms. The summed E-state index contributed by atoms with van der Waals surface area (Å²) in [5.74, 6) is 2.32. The first kappa shape index (κ1) is 33.4. The second-order valence-electron chi connectivity index (χ2n) is 12.2. The summed E-state index contributed by atoms with van der Waals surface area (Å²) in [6.07, 6.45) is 24.7. The Kier molecular flexibility index (Phi) is 15.9. The van der Waals surface area contributed by atoms with E-state index in [1.807, 2.05) is 30.3 Å². The molecule has 0 saturated heterocycles. The Balaban J connectivity index is 1.36. The van der Waals surface area contributed by atoms with Crippen LogP contribution in [0.1, 0.15) is 138 Å². The summed E-state index contributed by atoms with van der Waals surface area (Å²) in [5.41, 5.74) is 2.00.